The smallest absolute Gasteiger partial charge is 0.416 e. The molecule has 1 saturated heterocycles. The number of carboxylic acid groups (broad SMARTS) is 1. The molecule has 1 aliphatic rings. The Hall–Kier alpha value is -3.36. The summed E-state index contributed by atoms with van der Waals surface area (Å²) in [5, 5.41) is 9.36. The van der Waals surface area contributed by atoms with Crippen LogP contribution in [0.2, 0.25) is 0 Å². The van der Waals surface area contributed by atoms with Crippen LogP contribution in [0.3, 0.4) is 0 Å². The molecule has 0 bridgehead atoms. The Morgan fingerprint density at radius 1 is 1.10 bits per heavy atom. The average Bonchev–Trinajstić information content (AvgIpc) is 3.12. The summed E-state index contributed by atoms with van der Waals surface area (Å²) in [5.41, 5.74) is 0.468. The summed E-state index contributed by atoms with van der Waals surface area (Å²) in [4.78, 5) is 29.4. The zero-order valence-corrected chi connectivity index (χ0v) is 16.7. The number of imidazole rings is 1. The monoisotopic (exact) mass is 431 g/mol. The van der Waals surface area contributed by atoms with Crippen molar-refractivity contribution in [3.8, 4) is 5.69 Å². The molecular formula is C22H20F3N3O3. The fourth-order valence-electron chi connectivity index (χ4n) is 4.05. The molecule has 0 aliphatic carbocycles. The van der Waals surface area contributed by atoms with Crippen LogP contribution in [0.4, 0.5) is 13.2 Å². The minimum Gasteiger partial charge on any atom is -0.478 e. The number of benzene rings is 2. The van der Waals surface area contributed by atoms with Crippen molar-refractivity contribution >= 4 is 22.9 Å². The quantitative estimate of drug-likeness (QED) is 0.664. The molecule has 162 valence electrons. The number of aromatic nitrogens is 2. The molecule has 0 atom stereocenters. The van der Waals surface area contributed by atoms with Gasteiger partial charge in [-0.05, 0) is 49.2 Å². The highest BCUT2D eigenvalue weighted by atomic mass is 19.4. The van der Waals surface area contributed by atoms with Gasteiger partial charge in [0, 0.05) is 31.6 Å². The lowest BCUT2D eigenvalue weighted by molar-refractivity contribution is -0.137. The van der Waals surface area contributed by atoms with Gasteiger partial charge in [-0.3, -0.25) is 9.36 Å². The normalized spacial score (nSPS) is 15.4. The van der Waals surface area contributed by atoms with Gasteiger partial charge >= 0.3 is 12.1 Å². The number of halogens is 3. The second-order valence-corrected chi connectivity index (χ2v) is 7.64. The maximum Gasteiger partial charge on any atom is 0.416 e. The lowest BCUT2D eigenvalue weighted by Gasteiger charge is -2.31. The number of hydrogen-bond acceptors (Lipinski definition) is 3. The number of aromatic carboxylic acids is 1. The van der Waals surface area contributed by atoms with Crippen molar-refractivity contribution in [3.05, 3.63) is 59.4 Å². The number of carboxylic acids is 1. The Kier molecular flexibility index (Phi) is 5.20. The largest absolute Gasteiger partial charge is 0.478 e. The van der Waals surface area contributed by atoms with E-state index in [2.05, 4.69) is 4.98 Å². The Balaban J connectivity index is 1.86. The molecule has 0 unspecified atom stereocenters. The molecular weight excluding hydrogens is 411 g/mol. The van der Waals surface area contributed by atoms with Gasteiger partial charge in [0.2, 0.25) is 5.91 Å². The standard InChI is InChI=1S/C22H20F3N3O3/c1-13(29)27-9-7-14(8-10-27)20-26-18-12-16(22(23,24)25)5-6-19(18)28(20)17-4-2-3-15(11-17)21(30)31/h2-6,11-12,14H,7-10H2,1H3,(H,30,31). The van der Waals surface area contributed by atoms with E-state index in [-0.39, 0.29) is 22.9 Å². The van der Waals surface area contributed by atoms with Crippen molar-refractivity contribution in [2.75, 3.05) is 13.1 Å². The van der Waals surface area contributed by atoms with Crippen LogP contribution in [-0.2, 0) is 11.0 Å². The molecule has 1 aromatic heterocycles. The van der Waals surface area contributed by atoms with Gasteiger partial charge in [-0.15, -0.1) is 0 Å². The molecule has 1 N–H and O–H groups in total. The van der Waals surface area contributed by atoms with Crippen LogP contribution in [0, 0.1) is 0 Å². The molecule has 4 rings (SSSR count). The first-order chi connectivity index (χ1) is 14.6. The van der Waals surface area contributed by atoms with Crippen LogP contribution in [0.1, 0.15) is 47.4 Å². The SMILES string of the molecule is CC(=O)N1CCC(c2nc3cc(C(F)(F)F)ccc3n2-c2cccc(C(=O)O)c2)CC1. The van der Waals surface area contributed by atoms with Gasteiger partial charge in [-0.1, -0.05) is 6.07 Å². The van der Waals surface area contributed by atoms with Crippen LogP contribution in [0.5, 0.6) is 0 Å². The number of carbonyl (C=O) groups excluding carboxylic acids is 1. The molecule has 1 fully saturated rings. The summed E-state index contributed by atoms with van der Waals surface area (Å²) in [5.74, 6) is -0.622. The van der Waals surface area contributed by atoms with Crippen LogP contribution >= 0.6 is 0 Å². The van der Waals surface area contributed by atoms with Gasteiger partial charge in [0.1, 0.15) is 5.82 Å². The number of likely N-dealkylation sites (tertiary alicyclic amines) is 1. The topological polar surface area (TPSA) is 75.4 Å². The summed E-state index contributed by atoms with van der Waals surface area (Å²) in [6.45, 7) is 2.57. The van der Waals surface area contributed by atoms with Gasteiger partial charge in [-0.25, -0.2) is 9.78 Å². The van der Waals surface area contributed by atoms with Crippen LogP contribution < -0.4 is 0 Å². The zero-order valence-electron chi connectivity index (χ0n) is 16.7. The minimum absolute atomic E-state index is 0.0177. The number of rotatable bonds is 3. The third-order valence-corrected chi connectivity index (χ3v) is 5.66. The molecule has 3 aromatic rings. The molecule has 2 heterocycles. The average molecular weight is 431 g/mol. The number of hydrogen-bond donors (Lipinski definition) is 1. The number of alkyl halides is 3. The zero-order chi connectivity index (χ0) is 22.3. The fraction of sp³-hybridized carbons (Fsp3) is 0.318. The lowest BCUT2D eigenvalue weighted by Crippen LogP contribution is -2.36. The van der Waals surface area contributed by atoms with E-state index < -0.39 is 17.7 Å². The highest BCUT2D eigenvalue weighted by Gasteiger charge is 2.32. The van der Waals surface area contributed by atoms with E-state index in [1.54, 1.807) is 21.6 Å². The number of piperidine rings is 1. The summed E-state index contributed by atoms with van der Waals surface area (Å²) in [7, 11) is 0. The summed E-state index contributed by atoms with van der Waals surface area (Å²) >= 11 is 0. The first kappa shape index (κ1) is 20.9. The number of carbonyl (C=O) groups is 2. The van der Waals surface area contributed by atoms with E-state index in [1.807, 2.05) is 0 Å². The molecule has 31 heavy (non-hydrogen) atoms. The van der Waals surface area contributed by atoms with Crippen molar-refractivity contribution in [1.29, 1.82) is 0 Å². The van der Waals surface area contributed by atoms with E-state index in [9.17, 15) is 27.9 Å². The van der Waals surface area contributed by atoms with E-state index >= 15 is 0 Å². The maximum absolute atomic E-state index is 13.2. The number of amides is 1. The van der Waals surface area contributed by atoms with Crippen molar-refractivity contribution < 1.29 is 27.9 Å². The highest BCUT2D eigenvalue weighted by molar-refractivity contribution is 5.88. The van der Waals surface area contributed by atoms with E-state index in [0.29, 0.717) is 43.0 Å². The Labute approximate surface area is 175 Å². The first-order valence-corrected chi connectivity index (χ1v) is 9.84. The van der Waals surface area contributed by atoms with E-state index in [4.69, 9.17) is 0 Å². The predicted molar refractivity (Wildman–Crippen MR) is 107 cm³/mol. The van der Waals surface area contributed by atoms with Crippen molar-refractivity contribution in [1.82, 2.24) is 14.5 Å². The maximum atomic E-state index is 13.2. The molecule has 1 aliphatic heterocycles. The number of fused-ring (bicyclic) bond motifs is 1. The number of nitrogens with zero attached hydrogens (tertiary/aromatic N) is 3. The van der Waals surface area contributed by atoms with Crippen LogP contribution in [0.15, 0.2) is 42.5 Å². The Bertz CT molecular complexity index is 1160. The Morgan fingerprint density at radius 3 is 2.42 bits per heavy atom. The third-order valence-electron chi connectivity index (χ3n) is 5.66. The van der Waals surface area contributed by atoms with E-state index in [1.165, 1.54) is 25.1 Å². The molecule has 2 aromatic carbocycles. The molecule has 9 heteroatoms. The van der Waals surface area contributed by atoms with Crippen LogP contribution in [-0.4, -0.2) is 44.5 Å². The summed E-state index contributed by atoms with van der Waals surface area (Å²) in [6.07, 6.45) is -3.25. The second-order valence-electron chi connectivity index (χ2n) is 7.64. The van der Waals surface area contributed by atoms with Gasteiger partial charge in [0.25, 0.3) is 0 Å². The van der Waals surface area contributed by atoms with Gasteiger partial charge in [0.15, 0.2) is 0 Å². The predicted octanol–water partition coefficient (Wildman–Crippen LogP) is 4.47. The molecule has 1 amide bonds. The lowest BCUT2D eigenvalue weighted by atomic mass is 9.95. The van der Waals surface area contributed by atoms with E-state index in [0.717, 1.165) is 12.1 Å². The summed E-state index contributed by atoms with van der Waals surface area (Å²) in [6, 6.07) is 9.63. The van der Waals surface area contributed by atoms with Gasteiger partial charge in [-0.2, -0.15) is 13.2 Å². The first-order valence-electron chi connectivity index (χ1n) is 9.84. The van der Waals surface area contributed by atoms with Crippen molar-refractivity contribution in [2.45, 2.75) is 31.9 Å². The summed E-state index contributed by atoms with van der Waals surface area (Å²) < 4.78 is 41.4. The van der Waals surface area contributed by atoms with Gasteiger partial charge < -0.3 is 10.0 Å². The van der Waals surface area contributed by atoms with Crippen molar-refractivity contribution in [2.24, 2.45) is 0 Å². The fourth-order valence-corrected chi connectivity index (χ4v) is 4.05. The van der Waals surface area contributed by atoms with Gasteiger partial charge in [0.05, 0.1) is 22.2 Å². The molecule has 0 radical (unpaired) electrons. The molecule has 0 saturated carbocycles. The molecule has 0 spiro atoms. The van der Waals surface area contributed by atoms with Crippen LogP contribution in [0.25, 0.3) is 16.7 Å². The Morgan fingerprint density at radius 2 is 1.81 bits per heavy atom. The highest BCUT2D eigenvalue weighted by Crippen LogP contribution is 2.36. The second kappa shape index (κ2) is 7.72. The third kappa shape index (κ3) is 3.99. The van der Waals surface area contributed by atoms with Crippen molar-refractivity contribution in [3.63, 3.8) is 0 Å². The molecule has 6 nitrogen and oxygen atoms in total. The minimum atomic E-state index is -4.49.